The van der Waals surface area contributed by atoms with Crippen molar-refractivity contribution >= 4 is 35.6 Å². The number of hydrogen-bond acceptors (Lipinski definition) is 4. The summed E-state index contributed by atoms with van der Waals surface area (Å²) < 4.78 is 0. The molecule has 2 heterocycles. The van der Waals surface area contributed by atoms with E-state index >= 15 is 0 Å². The first-order chi connectivity index (χ1) is 12.0. The fourth-order valence-corrected chi connectivity index (χ4v) is 4.14. The Morgan fingerprint density at radius 2 is 2.00 bits per heavy atom. The zero-order valence-electron chi connectivity index (χ0n) is 15.6. The van der Waals surface area contributed by atoms with Gasteiger partial charge < -0.3 is 15.5 Å². The lowest BCUT2D eigenvalue weighted by Gasteiger charge is -2.40. The molecule has 26 heavy (non-hydrogen) atoms. The molecule has 0 radical (unpaired) electrons. The molecule has 1 aromatic carbocycles. The summed E-state index contributed by atoms with van der Waals surface area (Å²) in [6.45, 7) is 4.56. The van der Waals surface area contributed by atoms with Crippen molar-refractivity contribution in [2.24, 2.45) is 0 Å². The third-order valence-electron chi connectivity index (χ3n) is 5.25. The standard InChI is InChI=1S/C19H29ClN4O.ClH/c1-23(2)19(25)17-6-5-14(12-18(17)20)22-15-4-3-11-24(13-15)16-7-9-21-10-8-16;/h5-6,12,15-16,21-22H,3-4,7-11,13H2,1-2H3;1H/t15-;/m0./s1. The number of rotatable bonds is 4. The highest BCUT2D eigenvalue weighted by atomic mass is 35.5. The van der Waals surface area contributed by atoms with Gasteiger partial charge >= 0.3 is 0 Å². The average molecular weight is 401 g/mol. The molecule has 1 aromatic rings. The molecule has 0 bridgehead atoms. The summed E-state index contributed by atoms with van der Waals surface area (Å²) in [6.07, 6.45) is 4.91. The van der Waals surface area contributed by atoms with Crippen LogP contribution < -0.4 is 10.6 Å². The fraction of sp³-hybridized carbons (Fsp3) is 0.632. The first kappa shape index (κ1) is 21.3. The minimum absolute atomic E-state index is 0. The third kappa shape index (κ3) is 5.26. The number of amides is 1. The van der Waals surface area contributed by atoms with Gasteiger partial charge in [-0.05, 0) is 63.5 Å². The molecule has 2 saturated heterocycles. The molecular weight excluding hydrogens is 371 g/mol. The van der Waals surface area contributed by atoms with Crippen molar-refractivity contribution in [2.45, 2.75) is 37.8 Å². The van der Waals surface area contributed by atoms with Crippen LogP contribution in [0.3, 0.4) is 0 Å². The van der Waals surface area contributed by atoms with Gasteiger partial charge in [-0.3, -0.25) is 9.69 Å². The number of halogens is 2. The summed E-state index contributed by atoms with van der Waals surface area (Å²) in [5.74, 6) is -0.0636. The Hall–Kier alpha value is -1.01. The zero-order chi connectivity index (χ0) is 17.8. The molecule has 2 aliphatic heterocycles. The lowest BCUT2D eigenvalue weighted by atomic mass is 9.98. The van der Waals surface area contributed by atoms with Gasteiger partial charge in [0.25, 0.3) is 5.91 Å². The SMILES string of the molecule is CN(C)C(=O)c1ccc(N[C@H]2CCCN(C3CCNCC3)C2)cc1Cl.Cl. The Morgan fingerprint density at radius 1 is 1.27 bits per heavy atom. The predicted octanol–water partition coefficient (Wildman–Crippen LogP) is 3.09. The van der Waals surface area contributed by atoms with Gasteiger partial charge in [0.05, 0.1) is 10.6 Å². The molecule has 0 aromatic heterocycles. The second-order valence-corrected chi connectivity index (χ2v) is 7.76. The van der Waals surface area contributed by atoms with Crippen LogP contribution in [-0.4, -0.2) is 68.1 Å². The van der Waals surface area contributed by atoms with Crippen molar-refractivity contribution in [3.8, 4) is 0 Å². The first-order valence-electron chi connectivity index (χ1n) is 9.27. The van der Waals surface area contributed by atoms with E-state index in [0.717, 1.165) is 31.4 Å². The molecule has 0 spiro atoms. The molecule has 1 amide bonds. The van der Waals surface area contributed by atoms with E-state index in [9.17, 15) is 4.79 Å². The summed E-state index contributed by atoms with van der Waals surface area (Å²) >= 11 is 6.33. The molecule has 1 atom stereocenters. The van der Waals surface area contributed by atoms with Gasteiger partial charge in [0.15, 0.2) is 0 Å². The third-order valence-corrected chi connectivity index (χ3v) is 5.57. The normalized spacial score (nSPS) is 21.7. The Morgan fingerprint density at radius 3 is 2.65 bits per heavy atom. The van der Waals surface area contributed by atoms with E-state index in [-0.39, 0.29) is 18.3 Å². The predicted molar refractivity (Wildman–Crippen MR) is 111 cm³/mol. The number of anilines is 1. The molecule has 7 heteroatoms. The average Bonchev–Trinajstić information content (AvgIpc) is 2.62. The molecule has 2 N–H and O–H groups in total. The number of likely N-dealkylation sites (tertiary alicyclic amines) is 1. The minimum Gasteiger partial charge on any atom is -0.381 e. The number of nitrogens with zero attached hydrogens (tertiary/aromatic N) is 2. The van der Waals surface area contributed by atoms with Crippen LogP contribution in [0.2, 0.25) is 5.02 Å². The van der Waals surface area contributed by atoms with E-state index in [1.807, 2.05) is 18.2 Å². The largest absolute Gasteiger partial charge is 0.381 e. The Kier molecular flexibility index (Phi) is 8.02. The molecular formula is C19H30Cl2N4O. The lowest BCUT2D eigenvalue weighted by molar-refractivity contribution is 0.0828. The van der Waals surface area contributed by atoms with Gasteiger partial charge in [-0.25, -0.2) is 0 Å². The second kappa shape index (κ2) is 9.79. The maximum atomic E-state index is 12.1. The minimum atomic E-state index is -0.0636. The summed E-state index contributed by atoms with van der Waals surface area (Å²) in [7, 11) is 3.48. The number of hydrogen-bond donors (Lipinski definition) is 2. The fourth-order valence-electron chi connectivity index (χ4n) is 3.88. The van der Waals surface area contributed by atoms with Gasteiger partial charge in [0, 0.05) is 38.4 Å². The molecule has 2 aliphatic rings. The maximum Gasteiger partial charge on any atom is 0.254 e. The lowest BCUT2D eigenvalue weighted by Crippen LogP contribution is -2.50. The smallest absolute Gasteiger partial charge is 0.254 e. The van der Waals surface area contributed by atoms with Crippen LogP contribution in [0.4, 0.5) is 5.69 Å². The monoisotopic (exact) mass is 400 g/mol. The first-order valence-corrected chi connectivity index (χ1v) is 9.65. The molecule has 5 nitrogen and oxygen atoms in total. The van der Waals surface area contributed by atoms with E-state index in [1.54, 1.807) is 19.0 Å². The van der Waals surface area contributed by atoms with Crippen LogP contribution in [0.5, 0.6) is 0 Å². The highest BCUT2D eigenvalue weighted by Gasteiger charge is 2.27. The summed E-state index contributed by atoms with van der Waals surface area (Å²) in [6, 6.07) is 6.82. The molecule has 0 saturated carbocycles. The number of carbonyl (C=O) groups excluding carboxylic acids is 1. The van der Waals surface area contributed by atoms with Crippen LogP contribution in [0.15, 0.2) is 18.2 Å². The van der Waals surface area contributed by atoms with Gasteiger partial charge in [-0.2, -0.15) is 0 Å². The second-order valence-electron chi connectivity index (χ2n) is 7.35. The van der Waals surface area contributed by atoms with Gasteiger partial charge in [-0.15, -0.1) is 12.4 Å². The molecule has 3 rings (SSSR count). The number of benzene rings is 1. The van der Waals surface area contributed by atoms with E-state index < -0.39 is 0 Å². The van der Waals surface area contributed by atoms with E-state index in [4.69, 9.17) is 11.6 Å². The van der Waals surface area contributed by atoms with Crippen LogP contribution >= 0.6 is 24.0 Å². The van der Waals surface area contributed by atoms with Gasteiger partial charge in [0.1, 0.15) is 0 Å². The van der Waals surface area contributed by atoms with Crippen molar-refractivity contribution in [1.29, 1.82) is 0 Å². The van der Waals surface area contributed by atoms with E-state index in [0.29, 0.717) is 16.6 Å². The van der Waals surface area contributed by atoms with E-state index in [1.165, 1.54) is 32.2 Å². The topological polar surface area (TPSA) is 47.6 Å². The number of piperidine rings is 2. The Labute approximate surface area is 167 Å². The summed E-state index contributed by atoms with van der Waals surface area (Å²) in [4.78, 5) is 16.3. The Bertz CT molecular complexity index is 605. The zero-order valence-corrected chi connectivity index (χ0v) is 17.2. The van der Waals surface area contributed by atoms with Crippen molar-refractivity contribution in [3.63, 3.8) is 0 Å². The van der Waals surface area contributed by atoms with Crippen LogP contribution in [0.25, 0.3) is 0 Å². The van der Waals surface area contributed by atoms with Crippen LogP contribution in [0.1, 0.15) is 36.0 Å². The summed E-state index contributed by atoms with van der Waals surface area (Å²) in [5, 5.41) is 7.57. The summed E-state index contributed by atoms with van der Waals surface area (Å²) in [5.41, 5.74) is 1.55. The van der Waals surface area contributed by atoms with Crippen LogP contribution in [0, 0.1) is 0 Å². The Balaban J connectivity index is 0.00000243. The van der Waals surface area contributed by atoms with E-state index in [2.05, 4.69) is 15.5 Å². The quantitative estimate of drug-likeness (QED) is 0.814. The van der Waals surface area contributed by atoms with Crippen molar-refractivity contribution in [1.82, 2.24) is 15.1 Å². The van der Waals surface area contributed by atoms with Crippen molar-refractivity contribution in [3.05, 3.63) is 28.8 Å². The molecule has 146 valence electrons. The van der Waals surface area contributed by atoms with Gasteiger partial charge in [0.2, 0.25) is 0 Å². The highest BCUT2D eigenvalue weighted by molar-refractivity contribution is 6.34. The number of carbonyl (C=O) groups is 1. The van der Waals surface area contributed by atoms with Crippen molar-refractivity contribution < 1.29 is 4.79 Å². The molecule has 2 fully saturated rings. The molecule has 0 unspecified atom stereocenters. The van der Waals surface area contributed by atoms with Crippen LogP contribution in [-0.2, 0) is 0 Å². The maximum absolute atomic E-state index is 12.1. The van der Waals surface area contributed by atoms with Gasteiger partial charge in [-0.1, -0.05) is 11.6 Å². The molecule has 0 aliphatic carbocycles. The highest BCUT2D eigenvalue weighted by Crippen LogP contribution is 2.25. The number of nitrogens with one attached hydrogen (secondary N) is 2. The van der Waals surface area contributed by atoms with Crippen molar-refractivity contribution in [2.75, 3.05) is 45.6 Å².